The smallest absolute Gasteiger partial charge is 0.116 e. The summed E-state index contributed by atoms with van der Waals surface area (Å²) in [5.41, 5.74) is 2.32. The molecule has 1 fully saturated rings. The van der Waals surface area contributed by atoms with Gasteiger partial charge in [-0.15, -0.1) is 0 Å². The number of nitriles is 1. The maximum atomic E-state index is 9.10. The number of nitrogens with zero attached hydrogens (tertiary/aromatic N) is 2. The topological polar surface area (TPSA) is 39.1 Å². The van der Waals surface area contributed by atoms with Crippen molar-refractivity contribution in [2.75, 3.05) is 23.3 Å². The standard InChI is InChI=1S/C16H23N3/c1-13(2)16(12-17)18-14-6-8-15(9-7-14)19-10-4-3-5-11-19/h6-9,13,16,18H,3-5,10-11H2,1-2H3. The molecule has 2 rings (SSSR count). The number of benzene rings is 1. The van der Waals surface area contributed by atoms with Gasteiger partial charge >= 0.3 is 0 Å². The summed E-state index contributed by atoms with van der Waals surface area (Å²) in [5, 5.41) is 12.4. The Morgan fingerprint density at radius 1 is 1.11 bits per heavy atom. The van der Waals surface area contributed by atoms with Crippen molar-refractivity contribution in [1.82, 2.24) is 0 Å². The zero-order valence-electron chi connectivity index (χ0n) is 11.9. The molecule has 0 aromatic heterocycles. The van der Waals surface area contributed by atoms with E-state index in [4.69, 9.17) is 5.26 Å². The predicted molar refractivity (Wildman–Crippen MR) is 80.4 cm³/mol. The molecule has 1 aliphatic heterocycles. The fourth-order valence-electron chi connectivity index (χ4n) is 2.45. The number of hydrogen-bond acceptors (Lipinski definition) is 3. The van der Waals surface area contributed by atoms with Crippen LogP contribution in [0.3, 0.4) is 0 Å². The van der Waals surface area contributed by atoms with E-state index < -0.39 is 0 Å². The van der Waals surface area contributed by atoms with Gasteiger partial charge in [-0.2, -0.15) is 5.26 Å². The van der Waals surface area contributed by atoms with Crippen LogP contribution in [0, 0.1) is 17.2 Å². The van der Waals surface area contributed by atoms with Crippen molar-refractivity contribution in [3.63, 3.8) is 0 Å². The maximum absolute atomic E-state index is 9.10. The van der Waals surface area contributed by atoms with E-state index in [9.17, 15) is 0 Å². The minimum absolute atomic E-state index is 0.124. The normalized spacial score (nSPS) is 17.1. The average molecular weight is 257 g/mol. The van der Waals surface area contributed by atoms with E-state index in [0.717, 1.165) is 5.69 Å². The predicted octanol–water partition coefficient (Wildman–Crippen LogP) is 3.64. The molecule has 0 radical (unpaired) electrons. The van der Waals surface area contributed by atoms with Gasteiger partial charge in [0, 0.05) is 24.5 Å². The van der Waals surface area contributed by atoms with Crippen LogP contribution in [0.25, 0.3) is 0 Å². The minimum atomic E-state index is -0.124. The molecule has 3 nitrogen and oxygen atoms in total. The van der Waals surface area contributed by atoms with Crippen molar-refractivity contribution in [1.29, 1.82) is 5.26 Å². The Balaban J connectivity index is 2.00. The summed E-state index contributed by atoms with van der Waals surface area (Å²) in [5.74, 6) is 0.312. The summed E-state index contributed by atoms with van der Waals surface area (Å²) in [4.78, 5) is 2.44. The number of piperidine rings is 1. The van der Waals surface area contributed by atoms with E-state index >= 15 is 0 Å². The molecular weight excluding hydrogens is 234 g/mol. The summed E-state index contributed by atoms with van der Waals surface area (Å²) in [6.45, 7) is 6.45. The van der Waals surface area contributed by atoms with Crippen molar-refractivity contribution >= 4 is 11.4 Å². The molecule has 0 spiro atoms. The van der Waals surface area contributed by atoms with Crippen LogP contribution >= 0.6 is 0 Å². The second-order valence-corrected chi connectivity index (χ2v) is 5.59. The van der Waals surface area contributed by atoms with Crippen molar-refractivity contribution in [2.45, 2.75) is 39.2 Å². The largest absolute Gasteiger partial charge is 0.372 e. The van der Waals surface area contributed by atoms with Crippen LogP contribution < -0.4 is 10.2 Å². The first kappa shape index (κ1) is 13.7. The zero-order valence-corrected chi connectivity index (χ0v) is 11.9. The number of rotatable bonds is 4. The summed E-state index contributed by atoms with van der Waals surface area (Å²) in [6.07, 6.45) is 3.95. The van der Waals surface area contributed by atoms with Crippen molar-refractivity contribution < 1.29 is 0 Å². The highest BCUT2D eigenvalue weighted by molar-refractivity contribution is 5.56. The van der Waals surface area contributed by atoms with Gasteiger partial charge in [0.15, 0.2) is 0 Å². The lowest BCUT2D eigenvalue weighted by Gasteiger charge is -2.29. The van der Waals surface area contributed by atoms with E-state index in [2.05, 4.69) is 54.4 Å². The van der Waals surface area contributed by atoms with E-state index in [1.165, 1.54) is 38.0 Å². The van der Waals surface area contributed by atoms with Crippen molar-refractivity contribution in [3.05, 3.63) is 24.3 Å². The third-order valence-electron chi connectivity index (χ3n) is 3.72. The van der Waals surface area contributed by atoms with Crippen LogP contribution in [0.15, 0.2) is 24.3 Å². The van der Waals surface area contributed by atoms with Crippen molar-refractivity contribution in [3.8, 4) is 6.07 Å². The molecule has 3 heteroatoms. The summed E-state index contributed by atoms with van der Waals surface area (Å²) in [6, 6.07) is 10.7. The van der Waals surface area contributed by atoms with E-state index in [0.29, 0.717) is 5.92 Å². The van der Waals surface area contributed by atoms with Crippen LogP contribution in [0.5, 0.6) is 0 Å². The molecule has 0 aliphatic carbocycles. The lowest BCUT2D eigenvalue weighted by Crippen LogP contribution is -2.29. The minimum Gasteiger partial charge on any atom is -0.372 e. The summed E-state index contributed by atoms with van der Waals surface area (Å²) >= 11 is 0. The molecule has 1 unspecified atom stereocenters. The van der Waals surface area contributed by atoms with Gasteiger partial charge in [0.1, 0.15) is 6.04 Å². The number of anilines is 2. The van der Waals surface area contributed by atoms with Crippen LogP contribution in [-0.4, -0.2) is 19.1 Å². The fourth-order valence-corrected chi connectivity index (χ4v) is 2.45. The first-order chi connectivity index (χ1) is 9.20. The van der Waals surface area contributed by atoms with Gasteiger partial charge in [-0.3, -0.25) is 0 Å². The second kappa shape index (κ2) is 6.47. The number of nitrogens with one attached hydrogen (secondary N) is 1. The van der Waals surface area contributed by atoms with E-state index in [-0.39, 0.29) is 6.04 Å². The van der Waals surface area contributed by atoms with E-state index in [1.807, 2.05) is 0 Å². The molecular formula is C16H23N3. The van der Waals surface area contributed by atoms with Gasteiger partial charge in [-0.05, 0) is 49.4 Å². The molecule has 0 bridgehead atoms. The lowest BCUT2D eigenvalue weighted by atomic mass is 10.1. The monoisotopic (exact) mass is 257 g/mol. The molecule has 1 aromatic carbocycles. The van der Waals surface area contributed by atoms with Crippen LogP contribution in [0.2, 0.25) is 0 Å². The summed E-state index contributed by atoms with van der Waals surface area (Å²) in [7, 11) is 0. The third kappa shape index (κ3) is 3.64. The summed E-state index contributed by atoms with van der Waals surface area (Å²) < 4.78 is 0. The Morgan fingerprint density at radius 2 is 1.74 bits per heavy atom. The molecule has 0 saturated carbocycles. The second-order valence-electron chi connectivity index (χ2n) is 5.59. The lowest BCUT2D eigenvalue weighted by molar-refractivity contribution is 0.578. The van der Waals surface area contributed by atoms with Gasteiger partial charge in [0.2, 0.25) is 0 Å². The number of hydrogen-bond donors (Lipinski definition) is 1. The van der Waals surface area contributed by atoms with Gasteiger partial charge < -0.3 is 10.2 Å². The highest BCUT2D eigenvalue weighted by atomic mass is 15.1. The van der Waals surface area contributed by atoms with E-state index in [1.54, 1.807) is 0 Å². The van der Waals surface area contributed by atoms with Crippen LogP contribution in [-0.2, 0) is 0 Å². The Labute approximate surface area is 116 Å². The third-order valence-corrected chi connectivity index (χ3v) is 3.72. The highest BCUT2D eigenvalue weighted by Gasteiger charge is 2.13. The molecule has 1 atom stereocenters. The molecule has 1 aliphatic rings. The van der Waals surface area contributed by atoms with Gasteiger partial charge in [0.05, 0.1) is 6.07 Å². The SMILES string of the molecule is CC(C)C(C#N)Nc1ccc(N2CCCCC2)cc1. The first-order valence-electron chi connectivity index (χ1n) is 7.22. The van der Waals surface area contributed by atoms with Crippen LogP contribution in [0.4, 0.5) is 11.4 Å². The molecule has 19 heavy (non-hydrogen) atoms. The molecule has 1 heterocycles. The quantitative estimate of drug-likeness (QED) is 0.895. The Hall–Kier alpha value is -1.69. The Bertz CT molecular complexity index is 424. The molecule has 1 saturated heterocycles. The van der Waals surface area contributed by atoms with Gasteiger partial charge in [-0.25, -0.2) is 0 Å². The highest BCUT2D eigenvalue weighted by Crippen LogP contribution is 2.22. The molecule has 0 amide bonds. The van der Waals surface area contributed by atoms with Gasteiger partial charge in [0.25, 0.3) is 0 Å². The Morgan fingerprint density at radius 3 is 2.26 bits per heavy atom. The van der Waals surface area contributed by atoms with Crippen molar-refractivity contribution in [2.24, 2.45) is 5.92 Å². The molecule has 102 valence electrons. The zero-order chi connectivity index (χ0) is 13.7. The molecule has 1 N–H and O–H groups in total. The maximum Gasteiger partial charge on any atom is 0.116 e. The first-order valence-corrected chi connectivity index (χ1v) is 7.22. The molecule has 1 aromatic rings. The van der Waals surface area contributed by atoms with Crippen LogP contribution in [0.1, 0.15) is 33.1 Å². The average Bonchev–Trinajstić information content (AvgIpc) is 2.46. The Kier molecular flexibility index (Phi) is 4.68. The van der Waals surface area contributed by atoms with Gasteiger partial charge in [-0.1, -0.05) is 13.8 Å². The fraction of sp³-hybridized carbons (Fsp3) is 0.562.